The molecule has 0 spiro atoms. The molecule has 2 aromatic rings. The number of carbonyl (C=O) groups is 1. The van der Waals surface area contributed by atoms with Crippen molar-refractivity contribution in [2.75, 3.05) is 6.54 Å². The van der Waals surface area contributed by atoms with Gasteiger partial charge in [0.05, 0.1) is 18.5 Å². The molecule has 9 heteroatoms. The number of carboxylic acid groups (broad SMARTS) is 1. The van der Waals surface area contributed by atoms with Crippen LogP contribution in [0, 0.1) is 0 Å². The zero-order valence-corrected chi connectivity index (χ0v) is 11.8. The highest BCUT2D eigenvalue weighted by molar-refractivity contribution is 7.88. The smallest absolute Gasteiger partial charge is 0.358 e. The summed E-state index contributed by atoms with van der Waals surface area (Å²) in [7, 11) is -3.44. The summed E-state index contributed by atoms with van der Waals surface area (Å²) < 4.78 is 27.4. The molecule has 0 radical (unpaired) electrons. The molecule has 1 heterocycles. The lowest BCUT2D eigenvalue weighted by Gasteiger charge is -2.06. The summed E-state index contributed by atoms with van der Waals surface area (Å²) in [5, 5.41) is 15.7. The van der Waals surface area contributed by atoms with Gasteiger partial charge in [-0.1, -0.05) is 35.5 Å². The largest absolute Gasteiger partial charge is 0.476 e. The second-order valence-electron chi connectivity index (χ2n) is 4.31. The Bertz CT molecular complexity index is 712. The van der Waals surface area contributed by atoms with Crippen LogP contribution in [0.2, 0.25) is 0 Å². The predicted molar refractivity (Wildman–Crippen MR) is 74.0 cm³/mol. The third kappa shape index (κ3) is 4.65. The number of nitrogens with zero attached hydrogens (tertiary/aromatic N) is 3. The van der Waals surface area contributed by atoms with Gasteiger partial charge in [-0.25, -0.2) is 17.9 Å². The van der Waals surface area contributed by atoms with Crippen LogP contribution >= 0.6 is 0 Å². The van der Waals surface area contributed by atoms with Crippen molar-refractivity contribution < 1.29 is 18.3 Å². The van der Waals surface area contributed by atoms with Gasteiger partial charge in [-0.15, -0.1) is 5.10 Å². The molecular formula is C12H14N4O4S. The third-order valence-electron chi connectivity index (χ3n) is 2.62. The Kier molecular flexibility index (Phi) is 4.66. The van der Waals surface area contributed by atoms with Crippen molar-refractivity contribution in [1.29, 1.82) is 0 Å². The summed E-state index contributed by atoms with van der Waals surface area (Å²) in [4.78, 5) is 10.6. The Morgan fingerprint density at radius 2 is 2.00 bits per heavy atom. The molecule has 2 rings (SSSR count). The second-order valence-corrected chi connectivity index (χ2v) is 6.12. The number of aromatic carboxylic acids is 1. The molecule has 0 fully saturated rings. The summed E-state index contributed by atoms with van der Waals surface area (Å²) in [6, 6.07) is 8.82. The number of hydrogen-bond acceptors (Lipinski definition) is 5. The highest BCUT2D eigenvalue weighted by Gasteiger charge is 2.12. The standard InChI is InChI=1S/C12H14N4O4S/c17-12(18)11-8-16(15-14-11)7-6-13-21(19,20)9-10-4-2-1-3-5-10/h1-5,8,13H,6-7,9H2,(H,17,18). The first-order valence-electron chi connectivity index (χ1n) is 6.11. The van der Waals surface area contributed by atoms with E-state index >= 15 is 0 Å². The van der Waals surface area contributed by atoms with Gasteiger partial charge in [0.2, 0.25) is 10.0 Å². The lowest BCUT2D eigenvalue weighted by atomic mass is 10.2. The molecule has 2 N–H and O–H groups in total. The molecule has 1 aromatic heterocycles. The number of sulfonamides is 1. The van der Waals surface area contributed by atoms with Crippen LogP contribution in [-0.2, 0) is 22.3 Å². The minimum absolute atomic E-state index is 0.106. The second kappa shape index (κ2) is 6.46. The molecule has 0 atom stereocenters. The fourth-order valence-corrected chi connectivity index (χ4v) is 2.80. The maximum atomic E-state index is 11.9. The normalized spacial score (nSPS) is 11.4. The molecule has 0 aliphatic carbocycles. The van der Waals surface area contributed by atoms with Crippen LogP contribution < -0.4 is 4.72 Å². The highest BCUT2D eigenvalue weighted by atomic mass is 32.2. The van der Waals surface area contributed by atoms with Crippen molar-refractivity contribution in [3.63, 3.8) is 0 Å². The van der Waals surface area contributed by atoms with Crippen LogP contribution in [0.3, 0.4) is 0 Å². The van der Waals surface area contributed by atoms with E-state index < -0.39 is 16.0 Å². The monoisotopic (exact) mass is 310 g/mol. The van der Waals surface area contributed by atoms with E-state index in [-0.39, 0.29) is 24.5 Å². The van der Waals surface area contributed by atoms with E-state index in [1.165, 1.54) is 10.9 Å². The van der Waals surface area contributed by atoms with Crippen LogP contribution in [0.5, 0.6) is 0 Å². The Hall–Kier alpha value is -2.26. The molecule has 8 nitrogen and oxygen atoms in total. The lowest BCUT2D eigenvalue weighted by Crippen LogP contribution is -2.28. The molecule has 0 aliphatic rings. The lowest BCUT2D eigenvalue weighted by molar-refractivity contribution is 0.0690. The Morgan fingerprint density at radius 1 is 1.29 bits per heavy atom. The average molecular weight is 310 g/mol. The van der Waals surface area contributed by atoms with Gasteiger partial charge < -0.3 is 5.11 Å². The van der Waals surface area contributed by atoms with Crippen LogP contribution in [0.4, 0.5) is 0 Å². The summed E-state index contributed by atoms with van der Waals surface area (Å²) in [5.74, 6) is -1.28. The fourth-order valence-electron chi connectivity index (χ4n) is 1.67. The first kappa shape index (κ1) is 15.1. The van der Waals surface area contributed by atoms with Gasteiger partial charge in [-0.05, 0) is 5.56 Å². The molecule has 0 saturated carbocycles. The van der Waals surface area contributed by atoms with Crippen LogP contribution in [0.1, 0.15) is 16.1 Å². The summed E-state index contributed by atoms with van der Waals surface area (Å²) in [5.41, 5.74) is 0.515. The Labute approximate surface area is 121 Å². The fraction of sp³-hybridized carbons (Fsp3) is 0.250. The van der Waals surface area contributed by atoms with Gasteiger partial charge in [0.25, 0.3) is 0 Å². The van der Waals surface area contributed by atoms with Gasteiger partial charge in [-0.3, -0.25) is 4.68 Å². The van der Waals surface area contributed by atoms with Gasteiger partial charge in [0, 0.05) is 6.54 Å². The van der Waals surface area contributed by atoms with Crippen molar-refractivity contribution in [3.05, 3.63) is 47.8 Å². The predicted octanol–water partition coefficient (Wildman–Crippen LogP) is 0.0959. The number of carboxylic acids is 1. The van der Waals surface area contributed by atoms with E-state index in [1.54, 1.807) is 24.3 Å². The van der Waals surface area contributed by atoms with Gasteiger partial charge in [0.1, 0.15) is 0 Å². The molecule has 0 bridgehead atoms. The zero-order chi connectivity index (χ0) is 15.3. The van der Waals surface area contributed by atoms with Crippen molar-refractivity contribution in [3.8, 4) is 0 Å². The maximum Gasteiger partial charge on any atom is 0.358 e. The molecule has 0 unspecified atom stereocenters. The molecule has 0 saturated heterocycles. The van der Waals surface area contributed by atoms with Crippen molar-refractivity contribution >= 4 is 16.0 Å². The highest BCUT2D eigenvalue weighted by Crippen LogP contribution is 2.03. The number of aromatic nitrogens is 3. The molecule has 0 aliphatic heterocycles. The third-order valence-corrected chi connectivity index (χ3v) is 3.98. The van der Waals surface area contributed by atoms with E-state index in [0.717, 1.165) is 0 Å². The molecule has 112 valence electrons. The zero-order valence-electron chi connectivity index (χ0n) is 11.0. The SMILES string of the molecule is O=C(O)c1cn(CCNS(=O)(=O)Cc2ccccc2)nn1. The average Bonchev–Trinajstić information content (AvgIpc) is 2.88. The maximum absolute atomic E-state index is 11.9. The van der Waals surface area contributed by atoms with Crippen molar-refractivity contribution in [1.82, 2.24) is 19.7 Å². The first-order chi connectivity index (χ1) is 9.96. The van der Waals surface area contributed by atoms with Crippen LogP contribution in [-0.4, -0.2) is 41.0 Å². The summed E-state index contributed by atoms with van der Waals surface area (Å²) in [6.07, 6.45) is 1.24. The minimum Gasteiger partial charge on any atom is -0.476 e. The quantitative estimate of drug-likeness (QED) is 0.749. The van der Waals surface area contributed by atoms with E-state index in [2.05, 4.69) is 15.0 Å². The molecule has 0 amide bonds. The van der Waals surface area contributed by atoms with Crippen LogP contribution in [0.25, 0.3) is 0 Å². The molecular weight excluding hydrogens is 296 g/mol. The van der Waals surface area contributed by atoms with E-state index in [4.69, 9.17) is 5.11 Å². The van der Waals surface area contributed by atoms with E-state index in [0.29, 0.717) is 5.56 Å². The Morgan fingerprint density at radius 3 is 2.62 bits per heavy atom. The topological polar surface area (TPSA) is 114 Å². The van der Waals surface area contributed by atoms with Gasteiger partial charge in [-0.2, -0.15) is 0 Å². The number of hydrogen-bond donors (Lipinski definition) is 2. The van der Waals surface area contributed by atoms with Gasteiger partial charge in [0.15, 0.2) is 5.69 Å². The van der Waals surface area contributed by atoms with Crippen LogP contribution in [0.15, 0.2) is 36.5 Å². The first-order valence-corrected chi connectivity index (χ1v) is 7.76. The number of rotatable bonds is 7. The molecule has 1 aromatic carbocycles. The minimum atomic E-state index is -3.44. The summed E-state index contributed by atoms with van der Waals surface area (Å²) in [6.45, 7) is 0.311. The van der Waals surface area contributed by atoms with E-state index in [9.17, 15) is 13.2 Å². The van der Waals surface area contributed by atoms with Crippen molar-refractivity contribution in [2.24, 2.45) is 0 Å². The molecule has 21 heavy (non-hydrogen) atoms. The number of nitrogens with one attached hydrogen (secondary N) is 1. The van der Waals surface area contributed by atoms with Crippen molar-refractivity contribution in [2.45, 2.75) is 12.3 Å². The van der Waals surface area contributed by atoms with E-state index in [1.807, 2.05) is 6.07 Å². The Balaban J connectivity index is 1.85. The van der Waals surface area contributed by atoms with Gasteiger partial charge >= 0.3 is 5.97 Å². The summed E-state index contributed by atoms with van der Waals surface area (Å²) >= 11 is 0. The number of benzene rings is 1.